The van der Waals surface area contributed by atoms with Gasteiger partial charge < -0.3 is 5.32 Å². The quantitative estimate of drug-likeness (QED) is 0.828. The first-order valence-corrected chi connectivity index (χ1v) is 7.59. The molecular formula is C18H16F3N. The molecule has 1 heterocycles. The van der Waals surface area contributed by atoms with E-state index in [1.807, 2.05) is 0 Å². The maximum Gasteiger partial charge on any atom is 0.133 e. The zero-order valence-electron chi connectivity index (χ0n) is 12.1. The van der Waals surface area contributed by atoms with E-state index in [4.69, 9.17) is 0 Å². The van der Waals surface area contributed by atoms with Gasteiger partial charge in [0.2, 0.25) is 0 Å². The van der Waals surface area contributed by atoms with E-state index in [2.05, 4.69) is 5.32 Å². The van der Waals surface area contributed by atoms with E-state index in [0.717, 1.165) is 25.8 Å². The fourth-order valence-electron chi connectivity index (χ4n) is 3.91. The van der Waals surface area contributed by atoms with Gasteiger partial charge in [-0.05, 0) is 42.2 Å². The lowest BCUT2D eigenvalue weighted by Gasteiger charge is -2.47. The summed E-state index contributed by atoms with van der Waals surface area (Å²) in [5.74, 6) is -1.47. The van der Waals surface area contributed by atoms with Crippen molar-refractivity contribution in [3.05, 3.63) is 58.9 Å². The van der Waals surface area contributed by atoms with E-state index >= 15 is 0 Å². The molecule has 0 saturated heterocycles. The molecule has 1 nitrogen and oxygen atoms in total. The van der Waals surface area contributed by atoms with Crippen molar-refractivity contribution in [3.63, 3.8) is 0 Å². The second kappa shape index (κ2) is 4.85. The van der Waals surface area contributed by atoms with Crippen LogP contribution in [0.25, 0.3) is 11.1 Å². The Morgan fingerprint density at radius 3 is 2.27 bits per heavy atom. The van der Waals surface area contributed by atoms with Gasteiger partial charge in [0.05, 0.1) is 5.56 Å². The van der Waals surface area contributed by atoms with Crippen LogP contribution in [-0.2, 0) is 12.0 Å². The van der Waals surface area contributed by atoms with E-state index in [9.17, 15) is 13.2 Å². The summed E-state index contributed by atoms with van der Waals surface area (Å²) < 4.78 is 42.8. The summed E-state index contributed by atoms with van der Waals surface area (Å²) >= 11 is 0. The Morgan fingerprint density at radius 2 is 1.64 bits per heavy atom. The normalized spacial score (nSPS) is 18.9. The molecule has 22 heavy (non-hydrogen) atoms. The molecule has 0 unspecified atom stereocenters. The van der Waals surface area contributed by atoms with Gasteiger partial charge in [0, 0.05) is 24.1 Å². The van der Waals surface area contributed by atoms with Gasteiger partial charge in [-0.25, -0.2) is 13.2 Å². The van der Waals surface area contributed by atoms with Gasteiger partial charge in [0.1, 0.15) is 17.5 Å². The molecule has 1 spiro atoms. The largest absolute Gasteiger partial charge is 0.312 e. The third-order valence-corrected chi connectivity index (χ3v) is 5.10. The molecule has 1 saturated carbocycles. The molecule has 0 radical (unpaired) electrons. The van der Waals surface area contributed by atoms with Crippen molar-refractivity contribution in [2.45, 2.75) is 31.2 Å². The van der Waals surface area contributed by atoms with Gasteiger partial charge in [-0.2, -0.15) is 0 Å². The van der Waals surface area contributed by atoms with Gasteiger partial charge in [-0.3, -0.25) is 0 Å². The maximum atomic E-state index is 14.5. The van der Waals surface area contributed by atoms with E-state index in [0.29, 0.717) is 23.2 Å². The van der Waals surface area contributed by atoms with Crippen LogP contribution in [0.4, 0.5) is 13.2 Å². The van der Waals surface area contributed by atoms with Crippen LogP contribution in [0.15, 0.2) is 30.3 Å². The van der Waals surface area contributed by atoms with Crippen molar-refractivity contribution >= 4 is 0 Å². The second-order valence-corrected chi connectivity index (χ2v) is 6.28. The van der Waals surface area contributed by atoms with Crippen LogP contribution >= 0.6 is 0 Å². The van der Waals surface area contributed by atoms with E-state index in [1.165, 1.54) is 30.3 Å². The minimum atomic E-state index is -0.609. The fraction of sp³-hybridized carbons (Fsp3) is 0.333. The summed E-state index contributed by atoms with van der Waals surface area (Å²) in [5, 5.41) is 3.30. The maximum absolute atomic E-state index is 14.5. The first-order chi connectivity index (χ1) is 10.6. The van der Waals surface area contributed by atoms with Crippen molar-refractivity contribution in [1.29, 1.82) is 0 Å². The van der Waals surface area contributed by atoms with Gasteiger partial charge in [0.15, 0.2) is 0 Å². The number of nitrogens with one attached hydrogen (secondary N) is 1. The summed E-state index contributed by atoms with van der Waals surface area (Å²) in [6.45, 7) is 1.18. The Morgan fingerprint density at radius 1 is 0.909 bits per heavy atom. The van der Waals surface area contributed by atoms with Crippen molar-refractivity contribution < 1.29 is 13.2 Å². The molecule has 0 aromatic heterocycles. The zero-order valence-corrected chi connectivity index (χ0v) is 12.1. The Hall–Kier alpha value is -1.81. The predicted octanol–water partition coefficient (Wildman–Crippen LogP) is 4.30. The monoisotopic (exact) mass is 303 g/mol. The third-order valence-electron chi connectivity index (χ3n) is 5.10. The highest BCUT2D eigenvalue weighted by molar-refractivity contribution is 5.71. The molecule has 2 aromatic carbocycles. The summed E-state index contributed by atoms with van der Waals surface area (Å²) in [6.07, 6.45) is 2.92. The second-order valence-electron chi connectivity index (χ2n) is 6.28. The Balaban J connectivity index is 1.98. The minimum Gasteiger partial charge on any atom is -0.312 e. The average molecular weight is 303 g/mol. The Labute approximate surface area is 127 Å². The number of rotatable bonds is 1. The van der Waals surface area contributed by atoms with Crippen LogP contribution < -0.4 is 5.32 Å². The smallest absolute Gasteiger partial charge is 0.133 e. The zero-order chi connectivity index (χ0) is 15.3. The molecule has 0 atom stereocenters. The summed E-state index contributed by atoms with van der Waals surface area (Å²) in [7, 11) is 0. The van der Waals surface area contributed by atoms with Crippen LogP contribution in [-0.4, -0.2) is 6.54 Å². The molecule has 0 amide bonds. The minimum absolute atomic E-state index is 0.0584. The fourth-order valence-corrected chi connectivity index (χ4v) is 3.91. The first-order valence-electron chi connectivity index (χ1n) is 7.59. The number of hydrogen-bond acceptors (Lipinski definition) is 1. The third kappa shape index (κ3) is 1.83. The first kappa shape index (κ1) is 13.8. The summed E-state index contributed by atoms with van der Waals surface area (Å²) in [5.41, 5.74) is 1.57. The molecule has 4 rings (SSSR count). The molecule has 2 aromatic rings. The number of halogens is 3. The highest BCUT2D eigenvalue weighted by Gasteiger charge is 2.44. The van der Waals surface area contributed by atoms with Gasteiger partial charge in [-0.1, -0.05) is 18.6 Å². The highest BCUT2D eigenvalue weighted by Crippen LogP contribution is 2.49. The Kier molecular flexibility index (Phi) is 3.05. The van der Waals surface area contributed by atoms with Crippen LogP contribution in [0.1, 0.15) is 30.4 Å². The standard InChI is InChI=1S/C18H16F3N/c19-13-3-1-4-14(20)16(13)11-5-6-15(21)17-12(11)9-22-10-18(17)7-2-8-18/h1,3-6,22H,2,7-10H2. The number of hydrogen-bond donors (Lipinski definition) is 1. The molecule has 2 aliphatic rings. The lowest BCUT2D eigenvalue weighted by atomic mass is 9.61. The van der Waals surface area contributed by atoms with Crippen LogP contribution in [0.5, 0.6) is 0 Å². The molecule has 0 bridgehead atoms. The molecule has 114 valence electrons. The van der Waals surface area contributed by atoms with Crippen LogP contribution in [0.2, 0.25) is 0 Å². The molecule has 4 heteroatoms. The van der Waals surface area contributed by atoms with Gasteiger partial charge >= 0.3 is 0 Å². The SMILES string of the molecule is Fc1cccc(F)c1-c1ccc(F)c2c1CNCC21CCC1. The van der Waals surface area contributed by atoms with Crippen molar-refractivity contribution in [2.75, 3.05) is 6.54 Å². The van der Waals surface area contributed by atoms with Crippen molar-refractivity contribution in [1.82, 2.24) is 5.32 Å². The van der Waals surface area contributed by atoms with Crippen LogP contribution in [0.3, 0.4) is 0 Å². The molecule has 1 N–H and O–H groups in total. The lowest BCUT2D eigenvalue weighted by molar-refractivity contribution is 0.211. The van der Waals surface area contributed by atoms with Crippen molar-refractivity contribution in [2.24, 2.45) is 0 Å². The van der Waals surface area contributed by atoms with Gasteiger partial charge in [0.25, 0.3) is 0 Å². The molecular weight excluding hydrogens is 287 g/mol. The lowest BCUT2D eigenvalue weighted by Crippen LogP contribution is -2.48. The average Bonchev–Trinajstić information content (AvgIpc) is 2.47. The topological polar surface area (TPSA) is 12.0 Å². The highest BCUT2D eigenvalue weighted by atomic mass is 19.1. The summed E-state index contributed by atoms with van der Waals surface area (Å²) in [6, 6.07) is 6.67. The van der Waals surface area contributed by atoms with E-state index in [-0.39, 0.29) is 16.8 Å². The van der Waals surface area contributed by atoms with Crippen LogP contribution in [0, 0.1) is 17.5 Å². The Bertz CT molecular complexity index is 730. The van der Waals surface area contributed by atoms with E-state index in [1.54, 1.807) is 0 Å². The number of fused-ring (bicyclic) bond motifs is 2. The molecule has 1 aliphatic carbocycles. The molecule has 1 fully saturated rings. The van der Waals surface area contributed by atoms with E-state index < -0.39 is 11.6 Å². The van der Waals surface area contributed by atoms with Gasteiger partial charge in [-0.15, -0.1) is 0 Å². The summed E-state index contributed by atoms with van der Waals surface area (Å²) in [4.78, 5) is 0. The number of benzene rings is 2. The van der Waals surface area contributed by atoms with Crippen molar-refractivity contribution in [3.8, 4) is 11.1 Å². The molecule has 1 aliphatic heterocycles. The predicted molar refractivity (Wildman–Crippen MR) is 79.0 cm³/mol.